The van der Waals surface area contributed by atoms with E-state index in [1.165, 1.54) is 5.70 Å². The van der Waals surface area contributed by atoms with Crippen molar-refractivity contribution in [2.24, 2.45) is 0 Å². The monoisotopic (exact) mass is 284 g/mol. The molecule has 1 aliphatic carbocycles. The van der Waals surface area contributed by atoms with E-state index in [1.807, 2.05) is 6.08 Å². The van der Waals surface area contributed by atoms with E-state index >= 15 is 0 Å². The number of aromatic nitrogens is 2. The highest BCUT2D eigenvalue weighted by atomic mass is 16.1. The molecule has 5 heteroatoms. The van der Waals surface area contributed by atoms with Crippen LogP contribution in [0.5, 0.6) is 0 Å². The van der Waals surface area contributed by atoms with Crippen molar-refractivity contribution in [3.8, 4) is 0 Å². The number of piperazine rings is 1. The molecule has 0 spiro atoms. The Morgan fingerprint density at radius 3 is 2.71 bits per heavy atom. The summed E-state index contributed by atoms with van der Waals surface area (Å²) in [5.74, 6) is 0. The molecule has 0 unspecified atom stereocenters. The molecule has 0 aromatic carbocycles. The number of aromatic amines is 2. The molecular formula is C16H20N4O. The zero-order valence-corrected chi connectivity index (χ0v) is 12.2. The van der Waals surface area contributed by atoms with Gasteiger partial charge in [-0.25, -0.2) is 0 Å². The first kappa shape index (κ1) is 13.7. The van der Waals surface area contributed by atoms with Crippen molar-refractivity contribution < 1.29 is 0 Å². The first-order valence-electron chi connectivity index (χ1n) is 7.26. The van der Waals surface area contributed by atoms with Gasteiger partial charge in [0.15, 0.2) is 0 Å². The molecule has 110 valence electrons. The molecule has 1 fully saturated rings. The third kappa shape index (κ3) is 3.45. The van der Waals surface area contributed by atoms with E-state index in [0.29, 0.717) is 0 Å². The van der Waals surface area contributed by atoms with Crippen LogP contribution in [0.3, 0.4) is 0 Å². The van der Waals surface area contributed by atoms with Gasteiger partial charge in [-0.2, -0.15) is 0 Å². The largest absolute Gasteiger partial charge is 0.369 e. The molecule has 0 saturated carbocycles. The Labute approximate surface area is 123 Å². The standard InChI is InChI=1S/C16H20N4O/c1-13-3-2-4-15(6-5-13)20-9-7-19(8-10-20)12-14-11-16(21)18-17-14/h2,4-6,11H,7-10,12H2,1H3,(H2,17,18,21). The lowest BCUT2D eigenvalue weighted by Gasteiger charge is -2.36. The van der Waals surface area contributed by atoms with E-state index < -0.39 is 0 Å². The van der Waals surface area contributed by atoms with Crippen molar-refractivity contribution in [2.75, 3.05) is 26.2 Å². The second-order valence-corrected chi connectivity index (χ2v) is 5.47. The summed E-state index contributed by atoms with van der Waals surface area (Å²) in [7, 11) is 0. The van der Waals surface area contributed by atoms with Crippen LogP contribution < -0.4 is 5.56 Å². The lowest BCUT2D eigenvalue weighted by atomic mass is 10.2. The van der Waals surface area contributed by atoms with Crippen LogP contribution in [0.15, 0.2) is 52.2 Å². The van der Waals surface area contributed by atoms with Crippen molar-refractivity contribution in [1.29, 1.82) is 0 Å². The smallest absolute Gasteiger partial charge is 0.264 e. The summed E-state index contributed by atoms with van der Waals surface area (Å²) in [6.07, 6.45) is 8.37. The number of allylic oxidation sites excluding steroid dienone is 4. The summed E-state index contributed by atoms with van der Waals surface area (Å²) in [6.45, 7) is 6.83. The molecule has 0 bridgehead atoms. The SMILES string of the molecule is CC1=C=CC=C(N2CCN(Cc3cc(=O)[nH][nH]3)CC2)C=C1. The zero-order chi connectivity index (χ0) is 14.7. The fourth-order valence-corrected chi connectivity index (χ4v) is 2.65. The number of nitrogens with zero attached hydrogens (tertiary/aromatic N) is 2. The summed E-state index contributed by atoms with van der Waals surface area (Å²) in [6, 6.07) is 1.63. The van der Waals surface area contributed by atoms with Crippen LogP contribution in [0.4, 0.5) is 0 Å². The highest BCUT2D eigenvalue weighted by molar-refractivity contribution is 5.32. The Morgan fingerprint density at radius 2 is 2.00 bits per heavy atom. The third-order valence-corrected chi connectivity index (χ3v) is 3.85. The maximum atomic E-state index is 11.1. The van der Waals surface area contributed by atoms with Gasteiger partial charge in [0.25, 0.3) is 5.56 Å². The van der Waals surface area contributed by atoms with Crippen LogP contribution in [-0.2, 0) is 6.54 Å². The van der Waals surface area contributed by atoms with E-state index in [1.54, 1.807) is 6.07 Å². The Kier molecular flexibility index (Phi) is 3.95. The molecule has 3 rings (SSSR count). The first-order chi connectivity index (χ1) is 10.2. The summed E-state index contributed by atoms with van der Waals surface area (Å²) < 4.78 is 0. The molecule has 2 heterocycles. The van der Waals surface area contributed by atoms with Crippen molar-refractivity contribution in [1.82, 2.24) is 20.0 Å². The number of H-pyrrole nitrogens is 2. The molecule has 1 aromatic rings. The summed E-state index contributed by atoms with van der Waals surface area (Å²) in [5.41, 5.74) is 6.49. The number of hydrogen-bond acceptors (Lipinski definition) is 3. The van der Waals surface area contributed by atoms with Gasteiger partial charge in [-0.15, -0.1) is 5.73 Å². The van der Waals surface area contributed by atoms with Crippen LogP contribution in [0.1, 0.15) is 12.6 Å². The third-order valence-electron chi connectivity index (χ3n) is 3.85. The second-order valence-electron chi connectivity index (χ2n) is 5.47. The molecule has 2 N–H and O–H groups in total. The molecule has 0 atom stereocenters. The molecule has 5 nitrogen and oxygen atoms in total. The van der Waals surface area contributed by atoms with Crippen LogP contribution in [0.25, 0.3) is 0 Å². The number of nitrogens with one attached hydrogen (secondary N) is 2. The summed E-state index contributed by atoms with van der Waals surface area (Å²) in [5, 5.41) is 5.49. The van der Waals surface area contributed by atoms with Crippen molar-refractivity contribution in [3.63, 3.8) is 0 Å². The van der Waals surface area contributed by atoms with Crippen LogP contribution >= 0.6 is 0 Å². The molecule has 0 amide bonds. The number of hydrogen-bond donors (Lipinski definition) is 2. The quantitative estimate of drug-likeness (QED) is 0.824. The van der Waals surface area contributed by atoms with E-state index in [-0.39, 0.29) is 5.56 Å². The van der Waals surface area contributed by atoms with Gasteiger partial charge in [-0.1, -0.05) is 0 Å². The molecule has 21 heavy (non-hydrogen) atoms. The van der Waals surface area contributed by atoms with Gasteiger partial charge in [-0.05, 0) is 36.8 Å². The predicted molar refractivity (Wildman–Crippen MR) is 82.8 cm³/mol. The van der Waals surface area contributed by atoms with Crippen LogP contribution in [0, 0.1) is 0 Å². The summed E-state index contributed by atoms with van der Waals surface area (Å²) >= 11 is 0. The Balaban J connectivity index is 1.56. The van der Waals surface area contributed by atoms with E-state index in [9.17, 15) is 4.79 Å². The predicted octanol–water partition coefficient (Wildman–Crippen LogP) is 1.38. The molecule has 1 saturated heterocycles. The second kappa shape index (κ2) is 6.04. The highest BCUT2D eigenvalue weighted by Gasteiger charge is 2.18. The summed E-state index contributed by atoms with van der Waals surface area (Å²) in [4.78, 5) is 15.9. The average Bonchev–Trinajstić information content (AvgIpc) is 2.76. The van der Waals surface area contributed by atoms with Gasteiger partial charge in [0, 0.05) is 44.5 Å². The fraction of sp³-hybridized carbons (Fsp3) is 0.375. The molecule has 1 aromatic heterocycles. The van der Waals surface area contributed by atoms with E-state index in [0.717, 1.165) is 44.0 Å². The lowest BCUT2D eigenvalue weighted by molar-refractivity contribution is 0.154. The van der Waals surface area contributed by atoms with Gasteiger partial charge in [0.1, 0.15) is 0 Å². The average molecular weight is 284 g/mol. The van der Waals surface area contributed by atoms with Crippen molar-refractivity contribution in [2.45, 2.75) is 13.5 Å². The topological polar surface area (TPSA) is 55.1 Å². The van der Waals surface area contributed by atoms with Gasteiger partial charge in [-0.3, -0.25) is 14.8 Å². The lowest BCUT2D eigenvalue weighted by Crippen LogP contribution is -2.45. The van der Waals surface area contributed by atoms with E-state index in [4.69, 9.17) is 0 Å². The maximum Gasteiger partial charge on any atom is 0.264 e. The number of rotatable bonds is 3. The van der Waals surface area contributed by atoms with Crippen molar-refractivity contribution >= 4 is 0 Å². The van der Waals surface area contributed by atoms with Gasteiger partial charge < -0.3 is 10.00 Å². The fourth-order valence-electron chi connectivity index (χ4n) is 2.65. The molecule has 0 radical (unpaired) electrons. The minimum absolute atomic E-state index is 0.0629. The van der Waals surface area contributed by atoms with Crippen LogP contribution in [-0.4, -0.2) is 46.2 Å². The van der Waals surface area contributed by atoms with Crippen LogP contribution in [0.2, 0.25) is 0 Å². The molecule has 1 aliphatic heterocycles. The Hall–Kier alpha value is -2.23. The molecule has 2 aliphatic rings. The van der Waals surface area contributed by atoms with Gasteiger partial charge in [0.2, 0.25) is 0 Å². The first-order valence-corrected chi connectivity index (χ1v) is 7.26. The van der Waals surface area contributed by atoms with Gasteiger partial charge >= 0.3 is 0 Å². The zero-order valence-electron chi connectivity index (χ0n) is 12.2. The minimum Gasteiger partial charge on any atom is -0.369 e. The maximum absolute atomic E-state index is 11.1. The Bertz CT molecular complexity index is 677. The van der Waals surface area contributed by atoms with E-state index in [2.05, 4.69) is 50.9 Å². The molecular weight excluding hydrogens is 264 g/mol. The normalized spacial score (nSPS) is 19.4. The highest BCUT2D eigenvalue weighted by Crippen LogP contribution is 2.14. The Morgan fingerprint density at radius 1 is 1.19 bits per heavy atom. The minimum atomic E-state index is -0.0629. The van der Waals surface area contributed by atoms with Crippen molar-refractivity contribution in [3.05, 3.63) is 63.4 Å². The van der Waals surface area contributed by atoms with Gasteiger partial charge in [0.05, 0.1) is 5.69 Å².